The maximum absolute atomic E-state index is 12.8. The first-order valence-electron chi connectivity index (χ1n) is 10.3. The van der Waals surface area contributed by atoms with Crippen LogP contribution in [0.1, 0.15) is 12.0 Å². The van der Waals surface area contributed by atoms with Crippen LogP contribution >= 0.6 is 11.6 Å². The molecule has 6 nitrogen and oxygen atoms in total. The standard InChI is InChI=1S/C23H27ClN4O2/c1-16-13-19(5-8-21(16)27-11-9-26(2)10-12-27)25-23(30)17-14-22(29)28(15-17)20-6-3-18(24)4-7-20/h3-8,13,17H,9-12,14-15H2,1-2H3,(H,25,30). The van der Waals surface area contributed by atoms with Crippen molar-refractivity contribution in [2.24, 2.45) is 5.92 Å². The van der Waals surface area contributed by atoms with Gasteiger partial charge in [-0.05, 0) is 62.0 Å². The van der Waals surface area contributed by atoms with Gasteiger partial charge in [0.1, 0.15) is 0 Å². The summed E-state index contributed by atoms with van der Waals surface area (Å²) in [7, 11) is 2.14. The zero-order chi connectivity index (χ0) is 21.3. The Balaban J connectivity index is 1.39. The fraction of sp³-hybridized carbons (Fsp3) is 0.391. The Kier molecular flexibility index (Phi) is 5.97. The van der Waals surface area contributed by atoms with Gasteiger partial charge in [-0.15, -0.1) is 0 Å². The number of nitrogens with zero attached hydrogens (tertiary/aromatic N) is 3. The van der Waals surface area contributed by atoms with Crippen LogP contribution in [0.3, 0.4) is 0 Å². The summed E-state index contributed by atoms with van der Waals surface area (Å²) in [6, 6.07) is 13.2. The number of hydrogen-bond acceptors (Lipinski definition) is 4. The van der Waals surface area contributed by atoms with E-state index in [1.54, 1.807) is 29.2 Å². The van der Waals surface area contributed by atoms with Gasteiger partial charge in [0.05, 0.1) is 5.92 Å². The monoisotopic (exact) mass is 426 g/mol. The van der Waals surface area contributed by atoms with Crippen molar-refractivity contribution in [2.45, 2.75) is 13.3 Å². The van der Waals surface area contributed by atoms with Gasteiger partial charge in [0, 0.05) is 61.2 Å². The van der Waals surface area contributed by atoms with E-state index in [0.717, 1.165) is 43.1 Å². The van der Waals surface area contributed by atoms with Crippen molar-refractivity contribution < 1.29 is 9.59 Å². The van der Waals surface area contributed by atoms with Crippen molar-refractivity contribution in [3.8, 4) is 0 Å². The molecule has 7 heteroatoms. The third-order valence-corrected chi connectivity index (χ3v) is 6.19. The molecule has 0 aromatic heterocycles. The lowest BCUT2D eigenvalue weighted by Crippen LogP contribution is -2.44. The Morgan fingerprint density at radius 2 is 1.77 bits per heavy atom. The molecule has 0 saturated carbocycles. The van der Waals surface area contributed by atoms with Gasteiger partial charge < -0.3 is 20.0 Å². The molecule has 1 N–H and O–H groups in total. The number of piperazine rings is 1. The van der Waals surface area contributed by atoms with E-state index in [9.17, 15) is 9.59 Å². The Labute approximate surface area is 182 Å². The molecule has 0 bridgehead atoms. The van der Waals surface area contributed by atoms with Crippen molar-refractivity contribution in [2.75, 3.05) is 54.9 Å². The second-order valence-corrected chi connectivity index (χ2v) is 8.60. The molecule has 1 unspecified atom stereocenters. The van der Waals surface area contributed by atoms with E-state index in [-0.39, 0.29) is 24.2 Å². The van der Waals surface area contributed by atoms with Gasteiger partial charge in [0.25, 0.3) is 0 Å². The Hall–Kier alpha value is -2.57. The van der Waals surface area contributed by atoms with Crippen LogP contribution in [0, 0.1) is 12.8 Å². The number of anilines is 3. The average molecular weight is 427 g/mol. The minimum absolute atomic E-state index is 0.0425. The highest BCUT2D eigenvalue weighted by Crippen LogP contribution is 2.28. The predicted molar refractivity (Wildman–Crippen MR) is 121 cm³/mol. The Bertz CT molecular complexity index is 939. The lowest BCUT2D eigenvalue weighted by atomic mass is 10.1. The first-order valence-corrected chi connectivity index (χ1v) is 10.7. The van der Waals surface area contributed by atoms with Crippen LogP contribution < -0.4 is 15.1 Å². The van der Waals surface area contributed by atoms with Crippen molar-refractivity contribution in [1.82, 2.24) is 4.90 Å². The summed E-state index contributed by atoms with van der Waals surface area (Å²) in [5.74, 6) is -0.531. The molecule has 4 rings (SSSR count). The number of carbonyl (C=O) groups excluding carboxylic acids is 2. The molecule has 2 aliphatic rings. The number of aryl methyl sites for hydroxylation is 1. The van der Waals surface area contributed by atoms with E-state index in [4.69, 9.17) is 11.6 Å². The molecule has 30 heavy (non-hydrogen) atoms. The minimum atomic E-state index is -0.370. The molecule has 2 aromatic carbocycles. The first-order chi connectivity index (χ1) is 14.4. The van der Waals surface area contributed by atoms with E-state index in [0.29, 0.717) is 11.6 Å². The lowest BCUT2D eigenvalue weighted by molar-refractivity contribution is -0.122. The van der Waals surface area contributed by atoms with Crippen molar-refractivity contribution >= 4 is 40.5 Å². The fourth-order valence-electron chi connectivity index (χ4n) is 4.13. The number of rotatable bonds is 4. The summed E-state index contributed by atoms with van der Waals surface area (Å²) in [6.45, 7) is 6.58. The highest BCUT2D eigenvalue weighted by Gasteiger charge is 2.35. The molecular weight excluding hydrogens is 400 g/mol. The van der Waals surface area contributed by atoms with E-state index >= 15 is 0 Å². The number of hydrogen-bond donors (Lipinski definition) is 1. The first kappa shape index (κ1) is 20.7. The second-order valence-electron chi connectivity index (χ2n) is 8.16. The molecule has 0 spiro atoms. The average Bonchev–Trinajstić information content (AvgIpc) is 3.11. The minimum Gasteiger partial charge on any atom is -0.369 e. The third kappa shape index (κ3) is 4.45. The van der Waals surface area contributed by atoms with Gasteiger partial charge in [-0.25, -0.2) is 0 Å². The number of carbonyl (C=O) groups is 2. The fourth-order valence-corrected chi connectivity index (χ4v) is 4.26. The van der Waals surface area contributed by atoms with Crippen LogP contribution in [0.4, 0.5) is 17.1 Å². The lowest BCUT2D eigenvalue weighted by Gasteiger charge is -2.35. The van der Waals surface area contributed by atoms with Gasteiger partial charge in [-0.2, -0.15) is 0 Å². The van der Waals surface area contributed by atoms with Crippen LogP contribution in [-0.4, -0.2) is 56.5 Å². The summed E-state index contributed by atoms with van der Waals surface area (Å²) in [4.78, 5) is 31.6. The maximum atomic E-state index is 12.8. The number of nitrogens with one attached hydrogen (secondary N) is 1. The van der Waals surface area contributed by atoms with Crippen LogP contribution in [-0.2, 0) is 9.59 Å². The molecule has 158 valence electrons. The largest absolute Gasteiger partial charge is 0.369 e. The van der Waals surface area contributed by atoms with Crippen molar-refractivity contribution in [1.29, 1.82) is 0 Å². The quantitative estimate of drug-likeness (QED) is 0.814. The van der Waals surface area contributed by atoms with Gasteiger partial charge in [0.15, 0.2) is 0 Å². The summed E-state index contributed by atoms with van der Waals surface area (Å²) in [6.07, 6.45) is 0.215. The van der Waals surface area contributed by atoms with Crippen molar-refractivity contribution in [3.05, 3.63) is 53.1 Å². The molecule has 2 aromatic rings. The van der Waals surface area contributed by atoms with E-state index in [2.05, 4.69) is 35.2 Å². The number of amides is 2. The number of benzene rings is 2. The molecule has 2 amide bonds. The van der Waals surface area contributed by atoms with Gasteiger partial charge in [-0.3, -0.25) is 9.59 Å². The second kappa shape index (κ2) is 8.66. The van der Waals surface area contributed by atoms with Gasteiger partial charge in [-0.1, -0.05) is 11.6 Å². The molecule has 1 atom stereocenters. The smallest absolute Gasteiger partial charge is 0.229 e. The van der Waals surface area contributed by atoms with Crippen LogP contribution in [0.25, 0.3) is 0 Å². The Morgan fingerprint density at radius 1 is 1.07 bits per heavy atom. The maximum Gasteiger partial charge on any atom is 0.229 e. The van der Waals surface area contributed by atoms with Crippen LogP contribution in [0.5, 0.6) is 0 Å². The predicted octanol–water partition coefficient (Wildman–Crippen LogP) is 3.39. The summed E-state index contributed by atoms with van der Waals surface area (Å²) in [5, 5.41) is 3.62. The van der Waals surface area contributed by atoms with Crippen molar-refractivity contribution in [3.63, 3.8) is 0 Å². The van der Waals surface area contributed by atoms with E-state index in [1.165, 1.54) is 5.69 Å². The summed E-state index contributed by atoms with van der Waals surface area (Å²) >= 11 is 5.93. The van der Waals surface area contributed by atoms with Gasteiger partial charge >= 0.3 is 0 Å². The Morgan fingerprint density at radius 3 is 2.43 bits per heavy atom. The molecule has 2 aliphatic heterocycles. The van der Waals surface area contributed by atoms with Gasteiger partial charge in [0.2, 0.25) is 11.8 Å². The molecule has 0 radical (unpaired) electrons. The third-order valence-electron chi connectivity index (χ3n) is 5.94. The normalized spacial score (nSPS) is 20.0. The number of halogens is 1. The molecule has 2 heterocycles. The van der Waals surface area contributed by atoms with E-state index in [1.807, 2.05) is 12.1 Å². The van der Waals surface area contributed by atoms with E-state index < -0.39 is 0 Å². The zero-order valence-corrected chi connectivity index (χ0v) is 18.2. The topological polar surface area (TPSA) is 55.9 Å². The summed E-state index contributed by atoms with van der Waals surface area (Å²) < 4.78 is 0. The molecule has 2 saturated heterocycles. The zero-order valence-electron chi connectivity index (χ0n) is 17.4. The SMILES string of the molecule is Cc1cc(NC(=O)C2CC(=O)N(c3ccc(Cl)cc3)C2)ccc1N1CCN(C)CC1. The number of likely N-dealkylation sites (N-methyl/N-ethyl adjacent to an activating group) is 1. The van der Waals surface area contributed by atoms with Crippen LogP contribution in [0.2, 0.25) is 5.02 Å². The van der Waals surface area contributed by atoms with Crippen LogP contribution in [0.15, 0.2) is 42.5 Å². The molecule has 0 aliphatic carbocycles. The highest BCUT2D eigenvalue weighted by molar-refractivity contribution is 6.30. The molecule has 2 fully saturated rings. The molecular formula is C23H27ClN4O2. The summed E-state index contributed by atoms with van der Waals surface area (Å²) in [5.41, 5.74) is 3.90. The highest BCUT2D eigenvalue weighted by atomic mass is 35.5.